The molecule has 4 rings (SSSR count). The van der Waals surface area contributed by atoms with E-state index in [2.05, 4.69) is 66.5 Å². The second kappa shape index (κ2) is 31.3. The summed E-state index contributed by atoms with van der Waals surface area (Å²) in [5, 5.41) is 9.15. The second-order valence-corrected chi connectivity index (χ2v) is 30.4. The number of ether oxygens (including phenoxy) is 1. The predicted molar refractivity (Wildman–Crippen MR) is 266 cm³/mol. The van der Waals surface area contributed by atoms with Crippen molar-refractivity contribution in [2.75, 3.05) is 6.61 Å². The van der Waals surface area contributed by atoms with Crippen molar-refractivity contribution < 1.29 is 27.4 Å². The molecule has 0 saturated carbocycles. The summed E-state index contributed by atoms with van der Waals surface area (Å²) in [5.41, 5.74) is 3.53. The fourth-order valence-electron chi connectivity index (χ4n) is 8.11. The summed E-state index contributed by atoms with van der Waals surface area (Å²) in [7, 11) is -2.09. The Bertz CT molecular complexity index is 1860. The monoisotopic (exact) mass is 927 g/mol. The van der Waals surface area contributed by atoms with Crippen LogP contribution in [-0.2, 0) is 12.8 Å². The summed E-state index contributed by atoms with van der Waals surface area (Å²) in [4.78, 5) is 16.9. The standard InChI is InChI=1S/C31H52F2N2OSi2.C19H24F2N2O.C2H6/c1-7-8-9-10-11-12-15-18-26-23-34-31(35-24-26)27-19-20-28(30(33)29(27)32)36-21-16-13-14-17-22-38(5,6)25-37(2,3)4;1-2-3-4-5-6-7-8-9-14-12-22-19(23-13-14)15-10-11-16(24)18(21)17(15)20;1-2/h19-20,23-24H,7-18,21-22,25H2,1-6H3;10-13,24H,2-9H2,1H3;1-2H3. The topological polar surface area (TPSA) is 81.0 Å². The van der Waals surface area contributed by atoms with E-state index in [1.165, 1.54) is 120 Å². The molecule has 0 fully saturated rings. The van der Waals surface area contributed by atoms with Gasteiger partial charge in [-0.05, 0) is 67.5 Å². The summed E-state index contributed by atoms with van der Waals surface area (Å²) in [6, 6.07) is 6.77. The van der Waals surface area contributed by atoms with E-state index < -0.39 is 45.2 Å². The number of halogens is 4. The van der Waals surface area contributed by atoms with Gasteiger partial charge in [0.15, 0.2) is 34.8 Å². The van der Waals surface area contributed by atoms with Crippen molar-refractivity contribution in [3.8, 4) is 34.3 Å². The molecule has 0 amide bonds. The number of rotatable bonds is 28. The molecule has 0 bridgehead atoms. The number of hydrogen-bond acceptors (Lipinski definition) is 6. The lowest BCUT2D eigenvalue weighted by atomic mass is 10.1. The zero-order valence-electron chi connectivity index (χ0n) is 41.0. The van der Waals surface area contributed by atoms with Crippen LogP contribution in [-0.4, -0.2) is 47.8 Å². The third-order valence-corrected chi connectivity index (χ3v) is 20.9. The lowest BCUT2D eigenvalue weighted by Gasteiger charge is -2.29. The minimum absolute atomic E-state index is 0.0366. The van der Waals surface area contributed by atoms with E-state index in [-0.39, 0.29) is 28.5 Å². The lowest BCUT2D eigenvalue weighted by molar-refractivity contribution is 0.285. The molecular weight excluding hydrogens is 845 g/mol. The number of aromatic hydroxyl groups is 1. The average molecular weight is 927 g/mol. The number of phenolic OH excluding ortho intramolecular Hbond substituents is 1. The van der Waals surface area contributed by atoms with E-state index in [0.717, 1.165) is 55.7 Å². The molecule has 0 aliphatic carbocycles. The van der Waals surface area contributed by atoms with Gasteiger partial charge in [-0.25, -0.2) is 28.7 Å². The normalized spacial score (nSPS) is 11.5. The highest BCUT2D eigenvalue weighted by molar-refractivity contribution is 6.94. The first-order valence-corrected chi connectivity index (χ1v) is 31.7. The first-order valence-electron chi connectivity index (χ1n) is 24.6. The van der Waals surface area contributed by atoms with E-state index in [0.29, 0.717) is 6.61 Å². The molecule has 12 heteroatoms. The van der Waals surface area contributed by atoms with Crippen LogP contribution in [0.15, 0.2) is 49.1 Å². The Morgan fingerprint density at radius 3 is 1.38 bits per heavy atom. The van der Waals surface area contributed by atoms with Gasteiger partial charge in [0.1, 0.15) is 0 Å². The third-order valence-electron chi connectivity index (χ3n) is 11.2. The van der Waals surface area contributed by atoms with Gasteiger partial charge < -0.3 is 9.84 Å². The molecule has 2 aromatic carbocycles. The smallest absolute Gasteiger partial charge is 0.201 e. The largest absolute Gasteiger partial charge is 0.505 e. The second-order valence-electron chi connectivity index (χ2n) is 19.0. The van der Waals surface area contributed by atoms with Gasteiger partial charge >= 0.3 is 0 Å². The molecule has 358 valence electrons. The van der Waals surface area contributed by atoms with Crippen LogP contribution in [0.5, 0.6) is 11.5 Å². The molecule has 1 N–H and O–H groups in total. The zero-order chi connectivity index (χ0) is 47.4. The van der Waals surface area contributed by atoms with Crippen LogP contribution >= 0.6 is 0 Å². The Kier molecular flexibility index (Phi) is 27.6. The molecule has 2 aromatic heterocycles. The van der Waals surface area contributed by atoms with Crippen LogP contribution in [0.4, 0.5) is 17.6 Å². The van der Waals surface area contributed by atoms with Gasteiger partial charge in [-0.15, -0.1) is 0 Å². The number of nitrogens with zero attached hydrogens (tertiary/aromatic N) is 4. The maximum atomic E-state index is 14.8. The van der Waals surface area contributed by atoms with E-state index in [4.69, 9.17) is 9.84 Å². The molecular formula is C52H82F4N4O2Si2. The third kappa shape index (κ3) is 22.0. The van der Waals surface area contributed by atoms with Gasteiger partial charge in [0, 0.05) is 40.9 Å². The van der Waals surface area contributed by atoms with Crippen LogP contribution < -0.4 is 4.74 Å². The fourth-order valence-corrected chi connectivity index (χ4v) is 21.5. The number of hydrogen-bond donors (Lipinski definition) is 1. The highest BCUT2D eigenvalue weighted by Crippen LogP contribution is 2.30. The van der Waals surface area contributed by atoms with E-state index >= 15 is 0 Å². The molecule has 64 heavy (non-hydrogen) atoms. The molecule has 0 radical (unpaired) electrons. The SMILES string of the molecule is CC.CCCCCCCCCc1cnc(-c2ccc(O)c(F)c2F)nc1.CCCCCCCCCc1cnc(-c2ccc(OCCCCCC[Si](C)(C)C[Si](C)(C)C)c(F)c2F)nc1. The molecule has 0 unspecified atom stereocenters. The number of aryl methyl sites for hydroxylation is 2. The van der Waals surface area contributed by atoms with Gasteiger partial charge in [0.05, 0.1) is 17.7 Å². The van der Waals surface area contributed by atoms with E-state index in [9.17, 15) is 17.6 Å². The number of aromatic nitrogens is 4. The predicted octanol–water partition coefficient (Wildman–Crippen LogP) is 16.7. The number of benzene rings is 2. The lowest BCUT2D eigenvalue weighted by Crippen LogP contribution is -2.37. The first kappa shape index (κ1) is 56.5. The summed E-state index contributed by atoms with van der Waals surface area (Å²) in [5.74, 6) is -4.74. The van der Waals surface area contributed by atoms with Gasteiger partial charge in [0.25, 0.3) is 0 Å². The quantitative estimate of drug-likeness (QED) is 0.0347. The van der Waals surface area contributed by atoms with Crippen molar-refractivity contribution in [2.24, 2.45) is 0 Å². The summed E-state index contributed by atoms with van der Waals surface area (Å²) < 4.78 is 62.3. The number of phenols is 1. The first-order chi connectivity index (χ1) is 30.7. The molecule has 2 heterocycles. The number of unbranched alkanes of at least 4 members (excludes halogenated alkanes) is 15. The maximum Gasteiger partial charge on any atom is 0.201 e. The van der Waals surface area contributed by atoms with Gasteiger partial charge in [-0.2, -0.15) is 8.78 Å². The van der Waals surface area contributed by atoms with Crippen LogP contribution in [0.25, 0.3) is 22.8 Å². The summed E-state index contributed by atoms with van der Waals surface area (Å²) in [6.45, 7) is 21.3. The summed E-state index contributed by atoms with van der Waals surface area (Å²) in [6.07, 6.45) is 30.4. The maximum absolute atomic E-state index is 14.8. The van der Waals surface area contributed by atoms with Crippen LogP contribution in [0.3, 0.4) is 0 Å². The van der Waals surface area contributed by atoms with Crippen LogP contribution in [0.2, 0.25) is 44.4 Å². The Morgan fingerprint density at radius 2 is 0.906 bits per heavy atom. The van der Waals surface area contributed by atoms with Crippen molar-refractivity contribution in [3.63, 3.8) is 0 Å². The van der Waals surface area contributed by atoms with Gasteiger partial charge in [-0.1, -0.05) is 168 Å². The zero-order valence-corrected chi connectivity index (χ0v) is 43.0. The Hall–Kier alpha value is -3.65. The molecule has 0 spiro atoms. The minimum atomic E-state index is -1.27. The molecule has 4 aromatic rings. The molecule has 0 aliphatic rings. The highest BCUT2D eigenvalue weighted by atomic mass is 28.4. The van der Waals surface area contributed by atoms with E-state index in [1.54, 1.807) is 24.8 Å². The van der Waals surface area contributed by atoms with Crippen molar-refractivity contribution in [2.45, 2.75) is 201 Å². The van der Waals surface area contributed by atoms with Crippen LogP contribution in [0, 0.1) is 23.3 Å². The molecule has 0 aliphatic heterocycles. The van der Waals surface area contributed by atoms with Crippen LogP contribution in [0.1, 0.15) is 154 Å². The van der Waals surface area contributed by atoms with Gasteiger partial charge in [0.2, 0.25) is 11.6 Å². The molecule has 0 saturated heterocycles. The minimum Gasteiger partial charge on any atom is -0.505 e. The van der Waals surface area contributed by atoms with Crippen molar-refractivity contribution in [3.05, 3.63) is 83.4 Å². The highest BCUT2D eigenvalue weighted by Gasteiger charge is 2.28. The van der Waals surface area contributed by atoms with Crippen molar-refractivity contribution >= 4 is 16.1 Å². The average Bonchev–Trinajstić information content (AvgIpc) is 3.27. The molecule has 0 atom stereocenters. The van der Waals surface area contributed by atoms with E-state index in [1.807, 2.05) is 13.8 Å². The van der Waals surface area contributed by atoms with Crippen molar-refractivity contribution in [1.82, 2.24) is 19.9 Å². The Morgan fingerprint density at radius 1 is 0.500 bits per heavy atom. The Balaban J connectivity index is 0.000000464. The Labute approximate surface area is 387 Å². The van der Waals surface area contributed by atoms with Gasteiger partial charge in [-0.3, -0.25) is 0 Å². The molecule has 6 nitrogen and oxygen atoms in total. The fraction of sp³-hybridized carbons (Fsp3) is 0.615. The summed E-state index contributed by atoms with van der Waals surface area (Å²) >= 11 is 0. The van der Waals surface area contributed by atoms with Crippen molar-refractivity contribution in [1.29, 1.82) is 0 Å².